The van der Waals surface area contributed by atoms with Crippen LogP contribution in [0.3, 0.4) is 0 Å². The highest BCUT2D eigenvalue weighted by molar-refractivity contribution is 6.45. The molecule has 256 valence electrons. The molecule has 6 N–H and O–H groups in total. The number of rotatable bonds is 8. The van der Waals surface area contributed by atoms with Gasteiger partial charge < -0.3 is 30.3 Å². The number of pyridine rings is 1. The first-order valence-corrected chi connectivity index (χ1v) is 14.5. The quantitative estimate of drug-likeness (QED) is 0.0797. The van der Waals surface area contributed by atoms with Crippen molar-refractivity contribution in [2.75, 3.05) is 44.2 Å². The monoisotopic (exact) mass is 685 g/mol. The van der Waals surface area contributed by atoms with E-state index in [1.165, 1.54) is 17.2 Å². The Labute approximate surface area is 272 Å². The molecule has 0 saturated carbocycles. The molecule has 6 rings (SSSR count). The van der Waals surface area contributed by atoms with Gasteiger partial charge in [0, 0.05) is 44.5 Å². The predicted octanol–water partition coefficient (Wildman–Crippen LogP) is 2.37. The first-order valence-electron chi connectivity index (χ1n) is 14.5. The summed E-state index contributed by atoms with van der Waals surface area (Å²) < 4.78 is 46.7. The Hall–Kier alpha value is -6.11. The summed E-state index contributed by atoms with van der Waals surface area (Å²) in [5.74, 6) is -5.59. The molecular formula is C30H27F4N9O6. The van der Waals surface area contributed by atoms with Crippen LogP contribution in [0.2, 0.25) is 0 Å². The molecule has 0 aliphatic carbocycles. The molecule has 1 aromatic carbocycles. The van der Waals surface area contributed by atoms with Gasteiger partial charge in [-0.3, -0.25) is 24.6 Å². The molecule has 1 aliphatic heterocycles. The van der Waals surface area contributed by atoms with E-state index in [2.05, 4.69) is 40.6 Å². The number of nitrogens with zero attached hydrogens (tertiary/aromatic N) is 5. The smallest absolute Gasteiger partial charge is 0.475 e. The lowest BCUT2D eigenvalue weighted by atomic mass is 10.1. The van der Waals surface area contributed by atoms with E-state index in [9.17, 15) is 27.6 Å². The van der Waals surface area contributed by atoms with E-state index in [-0.39, 0.29) is 46.7 Å². The summed E-state index contributed by atoms with van der Waals surface area (Å²) in [5, 5.41) is 32.4. The number of hydrogen-bond donors (Lipinski definition) is 6. The number of alkyl halides is 3. The molecule has 1 saturated heterocycles. The summed E-state index contributed by atoms with van der Waals surface area (Å²) in [4.78, 5) is 58.2. The molecule has 1 fully saturated rings. The van der Waals surface area contributed by atoms with E-state index < -0.39 is 35.6 Å². The molecule has 0 atom stereocenters. The summed E-state index contributed by atoms with van der Waals surface area (Å²) in [6, 6.07) is 11.2. The lowest BCUT2D eigenvalue weighted by Gasteiger charge is -2.35. The topological polar surface area (TPSA) is 213 Å². The van der Waals surface area contributed by atoms with Crippen LogP contribution in [0.1, 0.15) is 20.8 Å². The molecule has 0 unspecified atom stereocenters. The van der Waals surface area contributed by atoms with E-state index in [1.807, 2.05) is 30.3 Å². The van der Waals surface area contributed by atoms with Crippen molar-refractivity contribution in [3.8, 4) is 22.6 Å². The number of carbonyl (C=O) groups excluding carboxylic acids is 3. The third-order valence-corrected chi connectivity index (χ3v) is 7.40. The third-order valence-electron chi connectivity index (χ3n) is 7.40. The zero-order valence-electron chi connectivity index (χ0n) is 25.2. The second-order valence-corrected chi connectivity index (χ2v) is 10.5. The van der Waals surface area contributed by atoms with Crippen LogP contribution in [-0.2, 0) is 9.59 Å². The highest BCUT2D eigenvalue weighted by Crippen LogP contribution is 2.31. The molecule has 5 heterocycles. The second-order valence-electron chi connectivity index (χ2n) is 10.5. The molecule has 2 amide bonds. The lowest BCUT2D eigenvalue weighted by Crippen LogP contribution is -2.50. The molecular weight excluding hydrogens is 658 g/mol. The number of carboxylic acids is 1. The van der Waals surface area contributed by atoms with Crippen molar-refractivity contribution in [2.24, 2.45) is 0 Å². The Morgan fingerprint density at radius 3 is 2.35 bits per heavy atom. The highest BCUT2D eigenvalue weighted by atomic mass is 19.4. The van der Waals surface area contributed by atoms with Crippen molar-refractivity contribution in [1.82, 2.24) is 40.6 Å². The van der Waals surface area contributed by atoms with E-state index in [4.69, 9.17) is 15.0 Å². The minimum atomic E-state index is -5.08. The van der Waals surface area contributed by atoms with Crippen LogP contribution in [0.25, 0.3) is 33.5 Å². The van der Waals surface area contributed by atoms with E-state index in [1.54, 1.807) is 6.20 Å². The van der Waals surface area contributed by atoms with Gasteiger partial charge in [-0.2, -0.15) is 23.4 Å². The maximum atomic E-state index is 15.0. The molecule has 1 aliphatic rings. The Bertz CT molecular complexity index is 1980. The molecule has 4 aromatic heterocycles. The van der Waals surface area contributed by atoms with Crippen LogP contribution in [0.4, 0.5) is 23.2 Å². The summed E-state index contributed by atoms with van der Waals surface area (Å²) in [6.07, 6.45) is -1.11. The van der Waals surface area contributed by atoms with Crippen molar-refractivity contribution in [3.05, 3.63) is 72.1 Å². The fourth-order valence-electron chi connectivity index (χ4n) is 5.05. The Morgan fingerprint density at radius 1 is 1.00 bits per heavy atom. The molecule has 15 nitrogen and oxygen atoms in total. The number of Topliss-reactive ketones (excluding diaryl/α,β-unsaturated/α-hetero) is 1. The first-order chi connectivity index (χ1) is 23.4. The number of benzene rings is 1. The largest absolute Gasteiger partial charge is 0.490 e. The maximum Gasteiger partial charge on any atom is 0.490 e. The number of anilines is 1. The van der Waals surface area contributed by atoms with Crippen molar-refractivity contribution < 1.29 is 47.0 Å². The highest BCUT2D eigenvalue weighted by Gasteiger charge is 2.38. The van der Waals surface area contributed by atoms with Crippen molar-refractivity contribution in [2.45, 2.75) is 6.18 Å². The number of halogens is 4. The number of aliphatic carboxylic acids is 1. The van der Waals surface area contributed by atoms with Crippen LogP contribution < -0.4 is 10.2 Å². The fourth-order valence-corrected chi connectivity index (χ4v) is 5.05. The number of carbonyl (C=O) groups is 4. The number of ketones is 1. The lowest BCUT2D eigenvalue weighted by molar-refractivity contribution is -0.192. The van der Waals surface area contributed by atoms with E-state index in [0.29, 0.717) is 26.2 Å². The van der Waals surface area contributed by atoms with Gasteiger partial charge in [-0.15, -0.1) is 0 Å². The van der Waals surface area contributed by atoms with Crippen LogP contribution in [-0.4, -0.2) is 115 Å². The Morgan fingerprint density at radius 2 is 1.69 bits per heavy atom. The summed E-state index contributed by atoms with van der Waals surface area (Å²) in [5.41, 5.74) is 3.36. The number of H-pyrrole nitrogens is 3. The van der Waals surface area contributed by atoms with Crippen molar-refractivity contribution in [3.63, 3.8) is 0 Å². The average molecular weight is 686 g/mol. The summed E-state index contributed by atoms with van der Waals surface area (Å²) >= 11 is 0. The van der Waals surface area contributed by atoms with E-state index in [0.717, 1.165) is 23.1 Å². The molecule has 0 bridgehead atoms. The normalized spacial score (nSPS) is 13.2. The third kappa shape index (κ3) is 7.40. The summed E-state index contributed by atoms with van der Waals surface area (Å²) in [6.45, 7) is 1.42. The molecule has 0 radical (unpaired) electrons. The fraction of sp³-hybridized carbons (Fsp3) is 0.233. The average Bonchev–Trinajstić information content (AvgIpc) is 3.88. The number of aromatic nitrogens is 6. The Kier molecular flexibility index (Phi) is 10.0. The van der Waals surface area contributed by atoms with Gasteiger partial charge >= 0.3 is 12.1 Å². The number of piperazine rings is 1. The minimum Gasteiger partial charge on any atom is -0.475 e. The van der Waals surface area contributed by atoms with Gasteiger partial charge in [-0.1, -0.05) is 30.3 Å². The van der Waals surface area contributed by atoms with Gasteiger partial charge in [0.1, 0.15) is 17.1 Å². The molecule has 0 spiro atoms. The number of carboxylic acid groups (broad SMARTS) is 1. The summed E-state index contributed by atoms with van der Waals surface area (Å²) in [7, 11) is 0. The van der Waals surface area contributed by atoms with Crippen molar-refractivity contribution in [1.29, 1.82) is 0 Å². The number of aromatic amines is 3. The molecule has 5 aromatic rings. The first kappa shape index (κ1) is 34.2. The van der Waals surface area contributed by atoms with Crippen LogP contribution in [0, 0.1) is 5.82 Å². The molecule has 19 heteroatoms. The second kappa shape index (κ2) is 14.3. The van der Waals surface area contributed by atoms with Crippen LogP contribution in [0.5, 0.6) is 0 Å². The number of hydrogen-bond acceptors (Lipinski definition) is 9. The van der Waals surface area contributed by atoms with Gasteiger partial charge in [0.25, 0.3) is 17.6 Å². The molecule has 49 heavy (non-hydrogen) atoms. The van der Waals surface area contributed by atoms with Crippen molar-refractivity contribution >= 4 is 40.2 Å². The number of fused-ring (bicyclic) bond motifs is 1. The van der Waals surface area contributed by atoms with Gasteiger partial charge in [0.15, 0.2) is 5.82 Å². The number of nitrogens with one attached hydrogen (secondary N) is 4. The zero-order chi connectivity index (χ0) is 35.3. The Balaban J connectivity index is 0.000000606. The van der Waals surface area contributed by atoms with Gasteiger partial charge in [0.2, 0.25) is 0 Å². The predicted molar refractivity (Wildman–Crippen MR) is 164 cm³/mol. The van der Waals surface area contributed by atoms with Crippen LogP contribution >= 0.6 is 0 Å². The van der Waals surface area contributed by atoms with Gasteiger partial charge in [-0.25, -0.2) is 14.2 Å². The van der Waals surface area contributed by atoms with E-state index >= 15 is 4.39 Å². The number of amides is 2. The van der Waals surface area contributed by atoms with Gasteiger partial charge in [-0.05, 0) is 6.07 Å². The number of aliphatic hydroxyl groups excluding tert-OH is 1. The standard InChI is InChI=1S/C28H26FN9O4.C2HF3O2/c29-18-14-32-24(19-12-20(35-34-19)27(41)30-6-11-39)25-22(18)17(13-31-25)26(40)28(42)38-9-7-37(8-10-38)21-15-33-36-23(21)16-4-2-1-3-5-16;3-2(4,5)1(6)7/h1-5,12-15,31,39H,6-11H2,(H,30,41)(H,33,36)(H,34,35);(H,6,7). The number of aliphatic hydroxyl groups is 1. The maximum absolute atomic E-state index is 15.0. The van der Waals surface area contributed by atoms with Gasteiger partial charge in [0.05, 0.1) is 46.8 Å². The zero-order valence-corrected chi connectivity index (χ0v) is 25.2. The SMILES string of the molecule is O=C(NCCO)c1cc(-c2ncc(F)c3c(C(=O)C(=O)N4CCN(c5cn[nH]c5-c5ccccc5)CC4)c[nH]c23)n[nH]1.O=C(O)C(F)(F)F. The minimum absolute atomic E-state index is 0.0649. The van der Waals surface area contributed by atoms with Crippen LogP contribution in [0.15, 0.2) is 55.0 Å².